The Balaban J connectivity index is 2.28. The lowest BCUT2D eigenvalue weighted by atomic mass is 10.2. The summed E-state index contributed by atoms with van der Waals surface area (Å²) < 4.78 is 10.8. The van der Waals surface area contributed by atoms with Gasteiger partial charge in [0.05, 0.1) is 13.2 Å². The molecule has 114 valence electrons. The summed E-state index contributed by atoms with van der Waals surface area (Å²) in [5, 5.41) is 3.31. The van der Waals surface area contributed by atoms with Crippen LogP contribution in [0.2, 0.25) is 0 Å². The van der Waals surface area contributed by atoms with Gasteiger partial charge in [-0.25, -0.2) is 0 Å². The van der Waals surface area contributed by atoms with Gasteiger partial charge < -0.3 is 19.7 Å². The van der Waals surface area contributed by atoms with Crippen molar-refractivity contribution in [1.82, 2.24) is 5.32 Å². The third-order valence-corrected chi connectivity index (χ3v) is 3.20. The van der Waals surface area contributed by atoms with Gasteiger partial charge in [-0.1, -0.05) is 6.07 Å². The predicted octanol–water partition coefficient (Wildman–Crippen LogP) is 2.54. The van der Waals surface area contributed by atoms with E-state index in [1.165, 1.54) is 5.69 Å². The molecular weight excluding hydrogens is 252 g/mol. The lowest BCUT2D eigenvalue weighted by Gasteiger charge is -2.21. The zero-order valence-electron chi connectivity index (χ0n) is 13.0. The number of methoxy groups -OCH3 is 1. The van der Waals surface area contributed by atoms with Crippen molar-refractivity contribution in [3.63, 3.8) is 0 Å². The van der Waals surface area contributed by atoms with E-state index >= 15 is 0 Å². The molecule has 0 aromatic heterocycles. The summed E-state index contributed by atoms with van der Waals surface area (Å²) in [6.45, 7) is 9.72. The zero-order valence-corrected chi connectivity index (χ0v) is 13.0. The van der Waals surface area contributed by atoms with E-state index in [0.717, 1.165) is 51.6 Å². The fourth-order valence-corrected chi connectivity index (χ4v) is 2.05. The summed E-state index contributed by atoms with van der Waals surface area (Å²) >= 11 is 0. The third kappa shape index (κ3) is 6.26. The number of rotatable bonds is 11. The maximum atomic E-state index is 5.79. The molecule has 0 aliphatic heterocycles. The van der Waals surface area contributed by atoms with Crippen LogP contribution in [0, 0.1) is 0 Å². The maximum absolute atomic E-state index is 5.79. The molecule has 0 saturated heterocycles. The van der Waals surface area contributed by atoms with Gasteiger partial charge in [-0.3, -0.25) is 0 Å². The summed E-state index contributed by atoms with van der Waals surface area (Å²) in [6, 6.07) is 8.32. The molecule has 0 saturated carbocycles. The Morgan fingerprint density at radius 2 is 1.90 bits per heavy atom. The van der Waals surface area contributed by atoms with Crippen molar-refractivity contribution in [1.29, 1.82) is 0 Å². The van der Waals surface area contributed by atoms with E-state index < -0.39 is 0 Å². The van der Waals surface area contributed by atoms with Crippen LogP contribution in [0.1, 0.15) is 20.3 Å². The summed E-state index contributed by atoms with van der Waals surface area (Å²) in [5.74, 6) is 0.950. The first kappa shape index (κ1) is 16.8. The second kappa shape index (κ2) is 10.5. The van der Waals surface area contributed by atoms with E-state index in [1.807, 2.05) is 6.07 Å². The minimum Gasteiger partial charge on any atom is -0.493 e. The van der Waals surface area contributed by atoms with Gasteiger partial charge in [0.2, 0.25) is 0 Å². The maximum Gasteiger partial charge on any atom is 0.121 e. The van der Waals surface area contributed by atoms with E-state index in [1.54, 1.807) is 7.11 Å². The van der Waals surface area contributed by atoms with Crippen molar-refractivity contribution in [2.75, 3.05) is 51.4 Å². The quantitative estimate of drug-likeness (QED) is 0.632. The molecule has 0 amide bonds. The van der Waals surface area contributed by atoms with Gasteiger partial charge in [-0.05, 0) is 38.9 Å². The Morgan fingerprint density at radius 3 is 2.60 bits per heavy atom. The van der Waals surface area contributed by atoms with E-state index in [4.69, 9.17) is 9.47 Å². The SMILES string of the molecule is CCN(CC)c1cccc(OCCCNCCOC)c1. The highest BCUT2D eigenvalue weighted by Gasteiger charge is 2.02. The topological polar surface area (TPSA) is 33.7 Å². The molecule has 0 unspecified atom stereocenters. The van der Waals surface area contributed by atoms with Gasteiger partial charge in [0.25, 0.3) is 0 Å². The third-order valence-electron chi connectivity index (χ3n) is 3.20. The van der Waals surface area contributed by atoms with Crippen molar-refractivity contribution in [3.8, 4) is 5.75 Å². The summed E-state index contributed by atoms with van der Waals surface area (Å²) in [7, 11) is 1.72. The first-order chi connectivity index (χ1) is 9.81. The second-order valence-corrected chi connectivity index (χ2v) is 4.61. The van der Waals surface area contributed by atoms with E-state index in [9.17, 15) is 0 Å². The highest BCUT2D eigenvalue weighted by Crippen LogP contribution is 2.20. The molecule has 1 N–H and O–H groups in total. The Hall–Kier alpha value is -1.26. The fraction of sp³-hybridized carbons (Fsp3) is 0.625. The smallest absolute Gasteiger partial charge is 0.121 e. The zero-order chi connectivity index (χ0) is 14.6. The summed E-state index contributed by atoms with van der Waals surface area (Å²) in [5.41, 5.74) is 1.23. The average Bonchev–Trinajstić information content (AvgIpc) is 2.48. The molecule has 0 spiro atoms. The van der Waals surface area contributed by atoms with Crippen molar-refractivity contribution >= 4 is 5.69 Å². The van der Waals surface area contributed by atoms with E-state index in [0.29, 0.717) is 0 Å². The van der Waals surface area contributed by atoms with E-state index in [-0.39, 0.29) is 0 Å². The van der Waals surface area contributed by atoms with Crippen LogP contribution in [-0.2, 0) is 4.74 Å². The number of ether oxygens (including phenoxy) is 2. The molecule has 0 aliphatic rings. The van der Waals surface area contributed by atoms with Crippen LogP contribution >= 0.6 is 0 Å². The molecule has 1 aromatic rings. The Kier molecular flexibility index (Phi) is 8.83. The van der Waals surface area contributed by atoms with Gasteiger partial charge >= 0.3 is 0 Å². The monoisotopic (exact) mass is 280 g/mol. The lowest BCUT2D eigenvalue weighted by molar-refractivity contribution is 0.198. The highest BCUT2D eigenvalue weighted by atomic mass is 16.5. The Labute approximate surface area is 123 Å². The lowest BCUT2D eigenvalue weighted by Crippen LogP contribution is -2.22. The standard InChI is InChI=1S/C16H28N2O2/c1-4-18(5-2)15-8-6-9-16(14-15)20-12-7-10-17-11-13-19-3/h6,8-9,14,17H,4-5,7,10-13H2,1-3H3. The molecule has 0 fully saturated rings. The van der Waals surface area contributed by atoms with Crippen LogP contribution < -0.4 is 15.0 Å². The first-order valence-corrected chi connectivity index (χ1v) is 7.49. The predicted molar refractivity (Wildman–Crippen MR) is 84.9 cm³/mol. The molecule has 20 heavy (non-hydrogen) atoms. The number of hydrogen-bond acceptors (Lipinski definition) is 4. The minimum atomic E-state index is 0.738. The number of nitrogens with one attached hydrogen (secondary N) is 1. The van der Waals surface area contributed by atoms with Crippen LogP contribution in [0.3, 0.4) is 0 Å². The van der Waals surface area contributed by atoms with Crippen molar-refractivity contribution in [3.05, 3.63) is 24.3 Å². The average molecular weight is 280 g/mol. The molecule has 0 radical (unpaired) electrons. The van der Waals surface area contributed by atoms with Gasteiger partial charge in [0, 0.05) is 38.5 Å². The van der Waals surface area contributed by atoms with Crippen molar-refractivity contribution < 1.29 is 9.47 Å². The molecule has 1 aromatic carbocycles. The van der Waals surface area contributed by atoms with Crippen LogP contribution in [0.4, 0.5) is 5.69 Å². The molecule has 0 aliphatic carbocycles. The molecule has 4 nitrogen and oxygen atoms in total. The van der Waals surface area contributed by atoms with Crippen molar-refractivity contribution in [2.24, 2.45) is 0 Å². The Morgan fingerprint density at radius 1 is 1.10 bits per heavy atom. The largest absolute Gasteiger partial charge is 0.493 e. The van der Waals surface area contributed by atoms with Crippen LogP contribution in [0.15, 0.2) is 24.3 Å². The minimum absolute atomic E-state index is 0.738. The Bertz CT molecular complexity index is 354. The molecule has 0 atom stereocenters. The number of nitrogens with zero attached hydrogens (tertiary/aromatic N) is 1. The number of hydrogen-bond donors (Lipinski definition) is 1. The summed E-state index contributed by atoms with van der Waals surface area (Å²) in [6.07, 6.45) is 0.999. The van der Waals surface area contributed by atoms with Crippen molar-refractivity contribution in [2.45, 2.75) is 20.3 Å². The van der Waals surface area contributed by atoms with Crippen LogP contribution in [0.5, 0.6) is 5.75 Å². The molecule has 1 rings (SSSR count). The molecular formula is C16H28N2O2. The molecule has 0 bridgehead atoms. The number of anilines is 1. The van der Waals surface area contributed by atoms with Gasteiger partial charge in [-0.15, -0.1) is 0 Å². The fourth-order valence-electron chi connectivity index (χ4n) is 2.05. The second-order valence-electron chi connectivity index (χ2n) is 4.61. The van der Waals surface area contributed by atoms with E-state index in [2.05, 4.69) is 42.3 Å². The van der Waals surface area contributed by atoms with Crippen LogP contribution in [-0.4, -0.2) is 46.5 Å². The number of benzene rings is 1. The summed E-state index contributed by atoms with van der Waals surface area (Å²) in [4.78, 5) is 2.32. The molecule has 0 heterocycles. The van der Waals surface area contributed by atoms with Gasteiger partial charge in [-0.2, -0.15) is 0 Å². The van der Waals surface area contributed by atoms with Crippen LogP contribution in [0.25, 0.3) is 0 Å². The van der Waals surface area contributed by atoms with Gasteiger partial charge in [0.15, 0.2) is 0 Å². The first-order valence-electron chi connectivity index (χ1n) is 7.49. The highest BCUT2D eigenvalue weighted by molar-refractivity contribution is 5.50. The normalized spacial score (nSPS) is 10.6. The van der Waals surface area contributed by atoms with Gasteiger partial charge in [0.1, 0.15) is 5.75 Å². The molecule has 4 heteroatoms.